The first-order chi connectivity index (χ1) is 7.45. The van der Waals surface area contributed by atoms with Crippen LogP contribution < -0.4 is 10.5 Å². The Kier molecular flexibility index (Phi) is 3.00. The monoisotopic (exact) mass is 260 g/mol. The van der Waals surface area contributed by atoms with E-state index in [0.717, 1.165) is 24.2 Å². The number of nitrogens with one attached hydrogen (secondary N) is 1. The van der Waals surface area contributed by atoms with Crippen LogP contribution in [0.15, 0.2) is 16.3 Å². The first kappa shape index (κ1) is 11.6. The Morgan fingerprint density at radius 1 is 1.50 bits per heavy atom. The van der Waals surface area contributed by atoms with Crippen LogP contribution in [0.4, 0.5) is 0 Å². The van der Waals surface area contributed by atoms with Gasteiger partial charge in [-0.2, -0.15) is 0 Å². The maximum absolute atomic E-state index is 11.4. The Labute approximate surface area is 97.7 Å². The number of nitrogens with two attached hydrogens (primary N) is 1. The second-order valence-electron chi connectivity index (χ2n) is 3.78. The lowest BCUT2D eigenvalue weighted by Crippen LogP contribution is -2.26. The van der Waals surface area contributed by atoms with Gasteiger partial charge in [-0.15, -0.1) is 11.3 Å². The average molecular weight is 260 g/mol. The Morgan fingerprint density at radius 2 is 2.19 bits per heavy atom. The second-order valence-corrected chi connectivity index (χ2v) is 6.74. The summed E-state index contributed by atoms with van der Waals surface area (Å²) in [5.74, 6) is -0.0645. The Morgan fingerprint density at radius 3 is 2.69 bits per heavy atom. The summed E-state index contributed by atoms with van der Waals surface area (Å²) >= 11 is 1.04. The van der Waals surface area contributed by atoms with Crippen molar-refractivity contribution in [3.05, 3.63) is 17.0 Å². The van der Waals surface area contributed by atoms with E-state index in [2.05, 4.69) is 5.32 Å². The summed E-state index contributed by atoms with van der Waals surface area (Å²) in [7, 11) is -3.64. The number of sulfonamides is 1. The molecule has 0 radical (unpaired) electrons. The minimum atomic E-state index is -3.64. The Hall–Kier alpha value is -0.920. The highest BCUT2D eigenvalue weighted by Crippen LogP contribution is 2.22. The molecule has 16 heavy (non-hydrogen) atoms. The minimum absolute atomic E-state index is 0.0645. The van der Waals surface area contributed by atoms with Crippen LogP contribution in [0.5, 0.6) is 0 Å². The first-order valence-corrected chi connectivity index (χ1v) is 7.22. The summed E-state index contributed by atoms with van der Waals surface area (Å²) in [6.07, 6.45) is 2.30. The van der Waals surface area contributed by atoms with Gasteiger partial charge in [0.05, 0.1) is 6.42 Å². The fourth-order valence-electron chi connectivity index (χ4n) is 1.27. The second kappa shape index (κ2) is 4.15. The summed E-state index contributed by atoms with van der Waals surface area (Å²) < 4.78 is 22.1. The third kappa shape index (κ3) is 3.03. The van der Waals surface area contributed by atoms with Gasteiger partial charge in [0.15, 0.2) is 0 Å². The summed E-state index contributed by atoms with van der Waals surface area (Å²) in [6, 6.07) is 3.38. The van der Waals surface area contributed by atoms with Gasteiger partial charge in [0.2, 0.25) is 15.9 Å². The number of hydrogen-bond acceptors (Lipinski definition) is 4. The predicted octanol–water partition coefficient (Wildman–Crippen LogP) is 0.217. The molecule has 1 saturated carbocycles. The molecule has 1 amide bonds. The maximum Gasteiger partial charge on any atom is 0.247 e. The average Bonchev–Trinajstić information content (AvgIpc) is 2.80. The van der Waals surface area contributed by atoms with Crippen molar-refractivity contribution in [3.8, 4) is 0 Å². The highest BCUT2D eigenvalue weighted by atomic mass is 32.2. The summed E-state index contributed by atoms with van der Waals surface area (Å²) in [4.78, 5) is 12.1. The van der Waals surface area contributed by atoms with E-state index in [9.17, 15) is 13.2 Å². The van der Waals surface area contributed by atoms with Crippen molar-refractivity contribution in [2.45, 2.75) is 29.5 Å². The molecule has 88 valence electrons. The molecule has 2 rings (SSSR count). The molecule has 1 aromatic rings. The molecule has 1 aliphatic rings. The number of amides is 1. The Bertz CT molecular complexity index is 503. The minimum Gasteiger partial charge on any atom is -0.353 e. The largest absolute Gasteiger partial charge is 0.353 e. The third-order valence-corrected chi connectivity index (χ3v) is 4.72. The van der Waals surface area contributed by atoms with Crippen LogP contribution in [0.2, 0.25) is 0 Å². The van der Waals surface area contributed by atoms with E-state index in [1.807, 2.05) is 0 Å². The number of carbonyl (C=O) groups excluding carboxylic acids is 1. The van der Waals surface area contributed by atoms with E-state index in [1.54, 1.807) is 6.07 Å². The molecular formula is C9H12N2O3S2. The fourth-order valence-corrected chi connectivity index (χ4v) is 3.05. The summed E-state index contributed by atoms with van der Waals surface area (Å²) in [5.41, 5.74) is 0. The zero-order chi connectivity index (χ0) is 11.8. The van der Waals surface area contributed by atoms with Crippen LogP contribution in [0, 0.1) is 0 Å². The summed E-state index contributed by atoms with van der Waals surface area (Å²) in [5, 5.41) is 7.81. The molecule has 1 heterocycles. The van der Waals surface area contributed by atoms with Crippen molar-refractivity contribution < 1.29 is 13.2 Å². The zero-order valence-corrected chi connectivity index (χ0v) is 10.1. The van der Waals surface area contributed by atoms with Gasteiger partial charge in [-0.05, 0) is 25.0 Å². The van der Waals surface area contributed by atoms with Gasteiger partial charge in [-0.1, -0.05) is 0 Å². The van der Waals surface area contributed by atoms with Crippen LogP contribution in [-0.2, 0) is 21.2 Å². The molecule has 0 bridgehead atoms. The fraction of sp³-hybridized carbons (Fsp3) is 0.444. The van der Waals surface area contributed by atoms with Crippen molar-refractivity contribution in [1.82, 2.24) is 5.32 Å². The standard InChI is InChI=1S/C9H12N2O3S2/c10-16(13,14)9-4-3-7(15-9)5-8(12)11-6-1-2-6/h3-4,6H,1-2,5H2,(H,11,12)(H2,10,13,14). The molecule has 7 heteroatoms. The highest BCUT2D eigenvalue weighted by Gasteiger charge is 2.23. The molecule has 0 aliphatic heterocycles. The lowest BCUT2D eigenvalue weighted by molar-refractivity contribution is -0.120. The molecule has 1 fully saturated rings. The van der Waals surface area contributed by atoms with Crippen molar-refractivity contribution in [2.24, 2.45) is 5.14 Å². The van der Waals surface area contributed by atoms with Crippen LogP contribution in [0.3, 0.4) is 0 Å². The first-order valence-electron chi connectivity index (χ1n) is 4.86. The molecular weight excluding hydrogens is 248 g/mol. The number of carbonyl (C=O) groups is 1. The van der Waals surface area contributed by atoms with Gasteiger partial charge in [0.25, 0.3) is 0 Å². The molecule has 1 aromatic heterocycles. The lowest BCUT2D eigenvalue weighted by Gasteiger charge is -2.00. The topological polar surface area (TPSA) is 89.3 Å². The third-order valence-electron chi connectivity index (χ3n) is 2.19. The van der Waals surface area contributed by atoms with Crippen molar-refractivity contribution in [3.63, 3.8) is 0 Å². The molecule has 3 N–H and O–H groups in total. The molecule has 0 spiro atoms. The van der Waals surface area contributed by atoms with Gasteiger partial charge in [0, 0.05) is 10.9 Å². The van der Waals surface area contributed by atoms with E-state index in [1.165, 1.54) is 6.07 Å². The predicted molar refractivity (Wildman–Crippen MR) is 60.6 cm³/mol. The quantitative estimate of drug-likeness (QED) is 0.811. The van der Waals surface area contributed by atoms with E-state index < -0.39 is 10.0 Å². The van der Waals surface area contributed by atoms with Crippen LogP contribution >= 0.6 is 11.3 Å². The van der Waals surface area contributed by atoms with Crippen molar-refractivity contribution in [1.29, 1.82) is 0 Å². The normalized spacial score (nSPS) is 16.1. The number of hydrogen-bond donors (Lipinski definition) is 2. The molecule has 0 aromatic carbocycles. The maximum atomic E-state index is 11.4. The summed E-state index contributed by atoms with van der Waals surface area (Å²) in [6.45, 7) is 0. The van der Waals surface area contributed by atoms with Crippen molar-refractivity contribution in [2.75, 3.05) is 0 Å². The molecule has 1 aliphatic carbocycles. The van der Waals surface area contributed by atoms with Crippen LogP contribution in [-0.4, -0.2) is 20.4 Å². The van der Waals surface area contributed by atoms with E-state index in [0.29, 0.717) is 10.9 Å². The smallest absolute Gasteiger partial charge is 0.247 e. The number of primary sulfonamides is 1. The number of rotatable bonds is 4. The molecule has 0 saturated heterocycles. The van der Waals surface area contributed by atoms with E-state index >= 15 is 0 Å². The molecule has 0 atom stereocenters. The van der Waals surface area contributed by atoms with Crippen LogP contribution in [0.25, 0.3) is 0 Å². The van der Waals surface area contributed by atoms with E-state index in [4.69, 9.17) is 5.14 Å². The molecule has 0 unspecified atom stereocenters. The van der Waals surface area contributed by atoms with Gasteiger partial charge in [-0.3, -0.25) is 4.79 Å². The Balaban J connectivity index is 1.99. The lowest BCUT2D eigenvalue weighted by atomic mass is 10.3. The van der Waals surface area contributed by atoms with Gasteiger partial charge >= 0.3 is 0 Å². The van der Waals surface area contributed by atoms with Crippen molar-refractivity contribution >= 4 is 27.3 Å². The van der Waals surface area contributed by atoms with Gasteiger partial charge in [-0.25, -0.2) is 13.6 Å². The highest BCUT2D eigenvalue weighted by molar-refractivity contribution is 7.91. The molecule has 5 nitrogen and oxygen atoms in total. The zero-order valence-electron chi connectivity index (χ0n) is 8.47. The van der Waals surface area contributed by atoms with Gasteiger partial charge < -0.3 is 5.32 Å². The van der Waals surface area contributed by atoms with Crippen LogP contribution in [0.1, 0.15) is 17.7 Å². The SMILES string of the molecule is NS(=O)(=O)c1ccc(CC(=O)NC2CC2)s1. The van der Waals surface area contributed by atoms with E-state index in [-0.39, 0.29) is 16.5 Å². The number of thiophene rings is 1. The van der Waals surface area contributed by atoms with Gasteiger partial charge in [0.1, 0.15) is 4.21 Å².